The Hall–Kier alpha value is -1.24. The van der Waals surface area contributed by atoms with Crippen molar-refractivity contribution in [2.45, 2.75) is 19.1 Å². The lowest BCUT2D eigenvalue weighted by Crippen LogP contribution is -2.25. The van der Waals surface area contributed by atoms with Gasteiger partial charge >= 0.3 is 0 Å². The SMILES string of the molecule is COCC(Cn1c(CCCl)nc2ccc(F)c(F)c21)OC. The molecule has 7 heteroatoms. The topological polar surface area (TPSA) is 36.3 Å². The number of nitrogens with zero attached hydrogens (tertiary/aromatic N) is 2. The number of benzene rings is 1. The Morgan fingerprint density at radius 3 is 2.71 bits per heavy atom. The molecular weight excluding hydrogens is 302 g/mol. The molecule has 0 spiro atoms. The molecule has 0 amide bonds. The second-order valence-corrected chi connectivity index (χ2v) is 5.00. The zero-order valence-electron chi connectivity index (χ0n) is 11.9. The van der Waals surface area contributed by atoms with Crippen LogP contribution in [0.3, 0.4) is 0 Å². The van der Waals surface area contributed by atoms with E-state index in [1.54, 1.807) is 18.8 Å². The van der Waals surface area contributed by atoms with Crippen molar-refractivity contribution < 1.29 is 18.3 Å². The van der Waals surface area contributed by atoms with Crippen LogP contribution in [0.2, 0.25) is 0 Å². The highest BCUT2D eigenvalue weighted by Gasteiger charge is 2.20. The van der Waals surface area contributed by atoms with Gasteiger partial charge in [-0.05, 0) is 12.1 Å². The number of alkyl halides is 1. The van der Waals surface area contributed by atoms with Crippen LogP contribution in [-0.2, 0) is 22.4 Å². The molecule has 4 nitrogen and oxygen atoms in total. The maximum absolute atomic E-state index is 14.1. The van der Waals surface area contributed by atoms with Gasteiger partial charge in [-0.25, -0.2) is 13.8 Å². The highest BCUT2D eigenvalue weighted by molar-refractivity contribution is 6.17. The fraction of sp³-hybridized carbons (Fsp3) is 0.500. The average Bonchev–Trinajstić information content (AvgIpc) is 2.81. The molecule has 0 aliphatic heterocycles. The maximum atomic E-state index is 14.1. The lowest BCUT2D eigenvalue weighted by molar-refractivity contribution is 0.0185. The van der Waals surface area contributed by atoms with Crippen molar-refractivity contribution in [1.82, 2.24) is 9.55 Å². The number of imidazole rings is 1. The summed E-state index contributed by atoms with van der Waals surface area (Å²) in [5.74, 6) is -0.868. The van der Waals surface area contributed by atoms with Crippen LogP contribution in [0, 0.1) is 11.6 Å². The molecule has 0 saturated heterocycles. The number of hydrogen-bond donors (Lipinski definition) is 0. The molecule has 1 unspecified atom stereocenters. The lowest BCUT2D eigenvalue weighted by Gasteiger charge is -2.17. The number of rotatable bonds is 7. The molecule has 0 radical (unpaired) electrons. The van der Waals surface area contributed by atoms with Gasteiger partial charge in [0.2, 0.25) is 0 Å². The molecule has 0 N–H and O–H groups in total. The minimum absolute atomic E-state index is 0.133. The van der Waals surface area contributed by atoms with Crippen LogP contribution in [0.5, 0.6) is 0 Å². The normalized spacial score (nSPS) is 13.0. The molecule has 2 rings (SSSR count). The van der Waals surface area contributed by atoms with E-state index in [0.717, 1.165) is 6.07 Å². The highest BCUT2D eigenvalue weighted by atomic mass is 35.5. The highest BCUT2D eigenvalue weighted by Crippen LogP contribution is 2.23. The number of ether oxygens (including phenoxy) is 2. The molecular formula is C14H17ClF2N2O2. The summed E-state index contributed by atoms with van der Waals surface area (Å²) in [4.78, 5) is 4.33. The predicted molar refractivity (Wildman–Crippen MR) is 76.7 cm³/mol. The average molecular weight is 319 g/mol. The molecule has 0 aliphatic carbocycles. The molecule has 0 bridgehead atoms. The van der Waals surface area contributed by atoms with Crippen molar-refractivity contribution in [3.05, 3.63) is 29.6 Å². The van der Waals surface area contributed by atoms with E-state index in [1.165, 1.54) is 6.07 Å². The fourth-order valence-electron chi connectivity index (χ4n) is 2.26. The van der Waals surface area contributed by atoms with Gasteiger partial charge in [-0.3, -0.25) is 0 Å². The van der Waals surface area contributed by atoms with E-state index in [9.17, 15) is 8.78 Å². The van der Waals surface area contributed by atoms with Crippen molar-refractivity contribution >= 4 is 22.6 Å². The first-order valence-electron chi connectivity index (χ1n) is 6.53. The summed E-state index contributed by atoms with van der Waals surface area (Å²) in [5.41, 5.74) is 0.537. The summed E-state index contributed by atoms with van der Waals surface area (Å²) in [6.45, 7) is 0.654. The van der Waals surface area contributed by atoms with E-state index < -0.39 is 11.6 Å². The number of methoxy groups -OCH3 is 2. The zero-order chi connectivity index (χ0) is 15.4. The molecule has 1 aromatic carbocycles. The quantitative estimate of drug-likeness (QED) is 0.737. The van der Waals surface area contributed by atoms with Gasteiger partial charge in [-0.15, -0.1) is 11.6 Å². The first-order chi connectivity index (χ1) is 10.1. The number of aromatic nitrogens is 2. The standard InChI is InChI=1S/C14H17ClF2N2O2/c1-20-8-9(21-2)7-19-12(5-6-15)18-11-4-3-10(16)13(17)14(11)19/h3-4,9H,5-8H2,1-2H3. The van der Waals surface area contributed by atoms with Crippen LogP contribution in [0.4, 0.5) is 8.78 Å². The van der Waals surface area contributed by atoms with Crippen LogP contribution >= 0.6 is 11.6 Å². The van der Waals surface area contributed by atoms with Crippen molar-refractivity contribution in [2.24, 2.45) is 0 Å². The second kappa shape index (κ2) is 7.15. The molecule has 116 valence electrons. The fourth-order valence-corrected chi connectivity index (χ4v) is 2.43. The van der Waals surface area contributed by atoms with Crippen LogP contribution in [0.15, 0.2) is 12.1 Å². The van der Waals surface area contributed by atoms with Crippen molar-refractivity contribution in [1.29, 1.82) is 0 Å². The van der Waals surface area contributed by atoms with E-state index >= 15 is 0 Å². The van der Waals surface area contributed by atoms with Gasteiger partial charge in [0.15, 0.2) is 11.6 Å². The van der Waals surface area contributed by atoms with Crippen LogP contribution in [-0.4, -0.2) is 42.4 Å². The Labute approximate surface area is 126 Å². The molecule has 0 saturated carbocycles. The molecule has 1 heterocycles. The van der Waals surface area contributed by atoms with Crippen molar-refractivity contribution in [3.8, 4) is 0 Å². The van der Waals surface area contributed by atoms with E-state index in [2.05, 4.69) is 4.98 Å². The number of hydrogen-bond acceptors (Lipinski definition) is 3. The van der Waals surface area contributed by atoms with Gasteiger partial charge in [0.05, 0.1) is 24.8 Å². The van der Waals surface area contributed by atoms with Gasteiger partial charge in [-0.2, -0.15) is 0 Å². The Kier molecular flexibility index (Phi) is 5.50. The Morgan fingerprint density at radius 2 is 2.10 bits per heavy atom. The Morgan fingerprint density at radius 1 is 1.33 bits per heavy atom. The summed E-state index contributed by atoms with van der Waals surface area (Å²) >= 11 is 5.76. The monoisotopic (exact) mass is 318 g/mol. The summed E-state index contributed by atoms with van der Waals surface area (Å²) in [5, 5.41) is 0. The molecule has 21 heavy (non-hydrogen) atoms. The zero-order valence-corrected chi connectivity index (χ0v) is 12.7. The van der Waals surface area contributed by atoms with E-state index in [4.69, 9.17) is 21.1 Å². The van der Waals surface area contributed by atoms with Gasteiger partial charge in [0, 0.05) is 26.5 Å². The molecule has 0 fully saturated rings. The Balaban J connectivity index is 2.51. The minimum atomic E-state index is -0.909. The van der Waals surface area contributed by atoms with E-state index in [0.29, 0.717) is 36.8 Å². The van der Waals surface area contributed by atoms with Gasteiger partial charge in [0.25, 0.3) is 0 Å². The minimum Gasteiger partial charge on any atom is -0.382 e. The third-order valence-electron chi connectivity index (χ3n) is 3.27. The molecule has 0 aliphatic rings. The first kappa shape index (κ1) is 16.1. The summed E-state index contributed by atoms with van der Waals surface area (Å²) < 4.78 is 39.6. The number of fused-ring (bicyclic) bond motifs is 1. The summed E-state index contributed by atoms with van der Waals surface area (Å²) in [6, 6.07) is 2.53. The maximum Gasteiger partial charge on any atom is 0.184 e. The third-order valence-corrected chi connectivity index (χ3v) is 3.46. The molecule has 2 aromatic rings. The van der Waals surface area contributed by atoms with Crippen LogP contribution in [0.1, 0.15) is 5.82 Å². The van der Waals surface area contributed by atoms with Crippen molar-refractivity contribution in [2.75, 3.05) is 26.7 Å². The van der Waals surface area contributed by atoms with Crippen LogP contribution < -0.4 is 0 Å². The van der Waals surface area contributed by atoms with E-state index in [1.807, 2.05) is 0 Å². The van der Waals surface area contributed by atoms with Crippen molar-refractivity contribution in [3.63, 3.8) is 0 Å². The number of halogens is 3. The third kappa shape index (κ3) is 3.33. The van der Waals surface area contributed by atoms with Gasteiger partial charge in [-0.1, -0.05) is 0 Å². The smallest absolute Gasteiger partial charge is 0.184 e. The predicted octanol–water partition coefficient (Wildman–Crippen LogP) is 2.76. The second-order valence-electron chi connectivity index (χ2n) is 4.62. The van der Waals surface area contributed by atoms with Gasteiger partial charge in [0.1, 0.15) is 11.3 Å². The molecule has 1 aromatic heterocycles. The lowest BCUT2D eigenvalue weighted by atomic mass is 10.2. The van der Waals surface area contributed by atoms with Gasteiger partial charge < -0.3 is 14.0 Å². The summed E-state index contributed by atoms with van der Waals surface area (Å²) in [7, 11) is 3.10. The number of aryl methyl sites for hydroxylation is 1. The summed E-state index contributed by atoms with van der Waals surface area (Å²) in [6.07, 6.45) is 0.171. The Bertz CT molecular complexity index is 619. The first-order valence-corrected chi connectivity index (χ1v) is 7.06. The van der Waals surface area contributed by atoms with Crippen LogP contribution in [0.25, 0.3) is 11.0 Å². The molecule has 1 atom stereocenters. The largest absolute Gasteiger partial charge is 0.382 e. The van der Waals surface area contributed by atoms with E-state index in [-0.39, 0.29) is 11.6 Å².